The minimum atomic E-state index is -0.628. The summed E-state index contributed by atoms with van der Waals surface area (Å²) in [6.07, 6.45) is 13.7. The third kappa shape index (κ3) is 4.73. The quantitative estimate of drug-likeness (QED) is 0.390. The molecule has 6 rings (SSSR count). The molecule has 10 heteroatoms. The van der Waals surface area contributed by atoms with E-state index in [2.05, 4.69) is 26.2 Å². The number of hydrogen-bond acceptors (Lipinski definition) is 8. The molecule has 0 radical (unpaired) electrons. The number of hydrogen-bond donors (Lipinski definition) is 1. The van der Waals surface area contributed by atoms with Crippen LogP contribution in [0.5, 0.6) is 0 Å². The second-order valence-electron chi connectivity index (χ2n) is 10.0. The lowest BCUT2D eigenvalue weighted by Gasteiger charge is -2.31. The van der Waals surface area contributed by atoms with Crippen LogP contribution in [-0.2, 0) is 4.74 Å². The number of fused-ring (bicyclic) bond motifs is 2. The average Bonchev–Trinajstić information content (AvgIpc) is 2.98. The van der Waals surface area contributed by atoms with E-state index < -0.39 is 11.6 Å². The molecule has 0 bridgehead atoms. The highest BCUT2D eigenvalue weighted by Gasteiger charge is 2.25. The fourth-order valence-corrected chi connectivity index (χ4v) is 5.48. The molecule has 2 fully saturated rings. The van der Waals surface area contributed by atoms with Crippen molar-refractivity contribution in [1.82, 2.24) is 25.3 Å². The molecule has 2 aliphatic rings. The lowest BCUT2D eigenvalue weighted by Crippen LogP contribution is -2.43. The Hall–Kier alpha value is -3.94. The number of pyridine rings is 2. The van der Waals surface area contributed by atoms with E-state index in [1.54, 1.807) is 18.5 Å². The molecule has 1 atom stereocenters. The number of piperidine rings is 1. The highest BCUT2D eigenvalue weighted by atomic mass is 19.1. The number of ether oxygens (including phenoxy) is 1. The van der Waals surface area contributed by atoms with Gasteiger partial charge in [-0.05, 0) is 31.5 Å². The number of halogens is 2. The van der Waals surface area contributed by atoms with E-state index in [-0.39, 0.29) is 16.8 Å². The van der Waals surface area contributed by atoms with Crippen molar-refractivity contribution in [3.05, 3.63) is 47.9 Å². The molecule has 4 aromatic rings. The Kier molecular flexibility index (Phi) is 6.94. The first-order valence-corrected chi connectivity index (χ1v) is 13.2. The van der Waals surface area contributed by atoms with Gasteiger partial charge in [0, 0.05) is 67.7 Å². The molecule has 0 aliphatic carbocycles. The summed E-state index contributed by atoms with van der Waals surface area (Å²) in [6, 6.07) is 3.18. The van der Waals surface area contributed by atoms with Gasteiger partial charge in [-0.1, -0.05) is 12.3 Å². The zero-order chi connectivity index (χ0) is 26.9. The fourth-order valence-electron chi connectivity index (χ4n) is 5.48. The number of likely N-dealkylation sites (N-methyl/N-ethyl adjacent to an activating group) is 1. The number of benzene rings is 1. The second-order valence-corrected chi connectivity index (χ2v) is 10.0. The first-order valence-electron chi connectivity index (χ1n) is 13.2. The van der Waals surface area contributed by atoms with Gasteiger partial charge in [-0.3, -0.25) is 9.97 Å². The van der Waals surface area contributed by atoms with Gasteiger partial charge in [0.05, 0.1) is 24.2 Å². The van der Waals surface area contributed by atoms with Crippen LogP contribution < -0.4 is 15.1 Å². The number of rotatable bonds is 5. The van der Waals surface area contributed by atoms with Crippen LogP contribution in [0.4, 0.5) is 20.5 Å². The third-order valence-corrected chi connectivity index (χ3v) is 7.49. The molecule has 2 aliphatic heterocycles. The van der Waals surface area contributed by atoms with Crippen molar-refractivity contribution in [3.63, 3.8) is 0 Å². The lowest BCUT2D eigenvalue weighted by atomic mass is 9.98. The Morgan fingerprint density at radius 3 is 2.77 bits per heavy atom. The van der Waals surface area contributed by atoms with E-state index in [1.165, 1.54) is 25.1 Å². The van der Waals surface area contributed by atoms with Crippen molar-refractivity contribution in [2.24, 2.45) is 0 Å². The Morgan fingerprint density at radius 2 is 2.00 bits per heavy atom. The Bertz CT molecular complexity index is 1580. The predicted octanol–water partition coefficient (Wildman–Crippen LogP) is 3.91. The molecule has 3 aromatic heterocycles. The molecule has 39 heavy (non-hydrogen) atoms. The molecule has 1 aromatic carbocycles. The predicted molar refractivity (Wildman–Crippen MR) is 148 cm³/mol. The first kappa shape index (κ1) is 25.3. The van der Waals surface area contributed by atoms with Crippen molar-refractivity contribution >= 4 is 33.4 Å². The van der Waals surface area contributed by atoms with Gasteiger partial charge >= 0.3 is 0 Å². The Morgan fingerprint density at radius 1 is 1.15 bits per heavy atom. The number of morpholine rings is 1. The summed E-state index contributed by atoms with van der Waals surface area (Å²) in [7, 11) is 1.96. The van der Waals surface area contributed by atoms with Gasteiger partial charge in [0.25, 0.3) is 0 Å². The van der Waals surface area contributed by atoms with E-state index in [4.69, 9.17) is 16.1 Å². The van der Waals surface area contributed by atoms with Crippen LogP contribution in [0.2, 0.25) is 0 Å². The van der Waals surface area contributed by atoms with Crippen molar-refractivity contribution < 1.29 is 13.5 Å². The Labute approximate surface area is 225 Å². The lowest BCUT2D eigenvalue weighted by molar-refractivity contribution is 0.122. The maximum absolute atomic E-state index is 16.5. The summed E-state index contributed by atoms with van der Waals surface area (Å²) in [5.41, 5.74) is 0.512. The van der Waals surface area contributed by atoms with Crippen LogP contribution in [0.3, 0.4) is 0 Å². The summed E-state index contributed by atoms with van der Waals surface area (Å²) < 4.78 is 36.6. The van der Waals surface area contributed by atoms with E-state index >= 15 is 4.39 Å². The monoisotopic (exact) mass is 529 g/mol. The highest BCUT2D eigenvalue weighted by Crippen LogP contribution is 2.36. The summed E-state index contributed by atoms with van der Waals surface area (Å²) in [6.45, 7) is 4.01. The molecule has 0 unspecified atom stereocenters. The van der Waals surface area contributed by atoms with Gasteiger partial charge in [-0.15, -0.1) is 6.42 Å². The van der Waals surface area contributed by atoms with Gasteiger partial charge in [0.15, 0.2) is 5.82 Å². The van der Waals surface area contributed by atoms with E-state index in [0.29, 0.717) is 65.8 Å². The smallest absolute Gasteiger partial charge is 0.228 e. The van der Waals surface area contributed by atoms with E-state index in [0.717, 1.165) is 19.5 Å². The van der Waals surface area contributed by atoms with E-state index in [9.17, 15) is 4.39 Å². The molecule has 1 N–H and O–H groups in total. The highest BCUT2D eigenvalue weighted by molar-refractivity contribution is 6.01. The number of aromatic nitrogens is 4. The molecule has 8 nitrogen and oxygen atoms in total. The molecule has 2 saturated heterocycles. The number of nitrogens with zero attached hydrogens (tertiary/aromatic N) is 6. The maximum Gasteiger partial charge on any atom is 0.228 e. The first-order chi connectivity index (χ1) is 19.0. The molecule has 5 heterocycles. The maximum atomic E-state index is 16.5. The molecular formula is C29H29F2N7O. The topological polar surface area (TPSA) is 79.3 Å². The number of nitrogens with one attached hydrogen (secondary N) is 1. The minimum Gasteiger partial charge on any atom is -0.378 e. The van der Waals surface area contributed by atoms with Crippen LogP contribution in [0.25, 0.3) is 32.9 Å². The van der Waals surface area contributed by atoms with Crippen molar-refractivity contribution in [2.45, 2.75) is 25.3 Å². The Balaban J connectivity index is 1.53. The van der Waals surface area contributed by atoms with Crippen molar-refractivity contribution in [3.8, 4) is 23.6 Å². The third-order valence-electron chi connectivity index (χ3n) is 7.49. The average molecular weight is 530 g/mol. The van der Waals surface area contributed by atoms with Crippen molar-refractivity contribution in [1.29, 1.82) is 0 Å². The van der Waals surface area contributed by atoms with Crippen LogP contribution in [0.1, 0.15) is 24.8 Å². The van der Waals surface area contributed by atoms with Gasteiger partial charge in [0.1, 0.15) is 22.8 Å². The summed E-state index contributed by atoms with van der Waals surface area (Å²) in [5.74, 6) is 2.27. The summed E-state index contributed by atoms with van der Waals surface area (Å²) in [4.78, 5) is 22.4. The van der Waals surface area contributed by atoms with Crippen LogP contribution >= 0.6 is 0 Å². The standard InChI is InChI=1S/C29H29F2N7O/c1-3-20-23(30)8-7-18-14-32-15-21(24(18)20)26-25(31)27-22(16-34-26)28(37(2)17-19-6-4-5-9-33-19)36-29(35-27)38-10-12-39-13-11-38/h1,7-8,14-16,19,33H,4-6,9-13,17H2,2H3/t19-/m0/s1. The fraction of sp³-hybridized carbons (Fsp3) is 0.379. The van der Waals surface area contributed by atoms with Gasteiger partial charge in [-0.25, -0.2) is 13.8 Å². The molecule has 0 spiro atoms. The van der Waals surface area contributed by atoms with Crippen LogP contribution in [0.15, 0.2) is 30.7 Å². The summed E-state index contributed by atoms with van der Waals surface area (Å²) >= 11 is 0. The molecular weight excluding hydrogens is 500 g/mol. The molecule has 200 valence electrons. The van der Waals surface area contributed by atoms with Crippen molar-refractivity contribution in [2.75, 3.05) is 56.2 Å². The van der Waals surface area contributed by atoms with Gasteiger partial charge < -0.3 is 19.9 Å². The van der Waals surface area contributed by atoms with Gasteiger partial charge in [0.2, 0.25) is 5.95 Å². The zero-order valence-electron chi connectivity index (χ0n) is 21.8. The van der Waals surface area contributed by atoms with Crippen LogP contribution in [-0.4, -0.2) is 72.4 Å². The second kappa shape index (κ2) is 10.7. The van der Waals surface area contributed by atoms with Crippen LogP contribution in [0, 0.1) is 24.0 Å². The van der Waals surface area contributed by atoms with E-state index in [1.807, 2.05) is 16.8 Å². The largest absolute Gasteiger partial charge is 0.378 e. The molecule has 0 amide bonds. The summed E-state index contributed by atoms with van der Waals surface area (Å²) in [5, 5.41) is 5.06. The SMILES string of the molecule is C#Cc1c(F)ccc2cncc(-c3ncc4c(N(C)C[C@@H]5CCCCN5)nc(N5CCOCC5)nc4c3F)c12. The van der Waals surface area contributed by atoms with Gasteiger partial charge in [-0.2, -0.15) is 4.98 Å². The minimum absolute atomic E-state index is 0.0110. The zero-order valence-corrected chi connectivity index (χ0v) is 21.8. The number of anilines is 2. The normalized spacial score (nSPS) is 17.9. The number of terminal acetylenes is 1. The molecule has 0 saturated carbocycles.